The van der Waals surface area contributed by atoms with E-state index in [-0.39, 0.29) is 0 Å². The Labute approximate surface area is 83.5 Å². The normalized spacial score (nSPS) is 14.1. The summed E-state index contributed by atoms with van der Waals surface area (Å²) < 4.78 is 0. The van der Waals surface area contributed by atoms with Gasteiger partial charge in [0.25, 0.3) is 0 Å². The van der Waals surface area contributed by atoms with Crippen LogP contribution in [-0.2, 0) is 0 Å². The molecule has 0 amide bonds. The van der Waals surface area contributed by atoms with E-state index < -0.39 is 0 Å². The van der Waals surface area contributed by atoms with Crippen molar-refractivity contribution in [2.45, 2.75) is 46.1 Å². The van der Waals surface area contributed by atoms with Crippen molar-refractivity contribution in [3.63, 3.8) is 0 Å². The maximum atomic E-state index is 5.98. The van der Waals surface area contributed by atoms with Crippen molar-refractivity contribution >= 4 is 0 Å². The lowest BCUT2D eigenvalue weighted by molar-refractivity contribution is 0.278. The average Bonchev–Trinajstić information content (AvgIpc) is 2.04. The molecule has 0 aliphatic heterocycles. The second kappa shape index (κ2) is 7.34. The van der Waals surface area contributed by atoms with E-state index in [0.29, 0.717) is 12.0 Å². The number of hydrogen-bond donors (Lipinski definition) is 1. The minimum Gasteiger partial charge on any atom is -0.326 e. The molecule has 0 aliphatic carbocycles. The standard InChI is InChI=1S/C11H26N2/c1-5-6-7-8-13(4)9-11(12)10(2)3/h10-11H,5-9,12H2,1-4H3. The second-order valence-corrected chi connectivity index (χ2v) is 4.38. The maximum Gasteiger partial charge on any atom is 0.0191 e. The summed E-state index contributed by atoms with van der Waals surface area (Å²) in [6, 6.07) is 0.326. The van der Waals surface area contributed by atoms with Crippen LogP contribution in [0.1, 0.15) is 40.0 Å². The number of nitrogens with zero attached hydrogens (tertiary/aromatic N) is 1. The monoisotopic (exact) mass is 186 g/mol. The molecule has 0 rings (SSSR count). The fourth-order valence-corrected chi connectivity index (χ4v) is 1.29. The van der Waals surface area contributed by atoms with E-state index in [2.05, 4.69) is 32.7 Å². The Morgan fingerprint density at radius 3 is 2.31 bits per heavy atom. The van der Waals surface area contributed by atoms with E-state index in [4.69, 9.17) is 5.73 Å². The lowest BCUT2D eigenvalue weighted by atomic mass is 10.1. The van der Waals surface area contributed by atoms with Crippen LogP contribution in [0.4, 0.5) is 0 Å². The van der Waals surface area contributed by atoms with Gasteiger partial charge in [0, 0.05) is 12.6 Å². The van der Waals surface area contributed by atoms with Gasteiger partial charge in [-0.05, 0) is 25.9 Å². The third-order valence-electron chi connectivity index (χ3n) is 2.52. The van der Waals surface area contributed by atoms with Gasteiger partial charge in [-0.15, -0.1) is 0 Å². The topological polar surface area (TPSA) is 29.3 Å². The maximum absolute atomic E-state index is 5.98. The highest BCUT2D eigenvalue weighted by molar-refractivity contribution is 4.69. The predicted molar refractivity (Wildman–Crippen MR) is 59.8 cm³/mol. The quantitative estimate of drug-likeness (QED) is 0.617. The van der Waals surface area contributed by atoms with Gasteiger partial charge in [-0.25, -0.2) is 0 Å². The third-order valence-corrected chi connectivity index (χ3v) is 2.52. The lowest BCUT2D eigenvalue weighted by Gasteiger charge is -2.23. The van der Waals surface area contributed by atoms with Crippen molar-refractivity contribution in [2.24, 2.45) is 11.7 Å². The molecular weight excluding hydrogens is 160 g/mol. The minimum absolute atomic E-state index is 0.326. The molecule has 2 nitrogen and oxygen atoms in total. The molecule has 0 heterocycles. The summed E-state index contributed by atoms with van der Waals surface area (Å²) in [6.07, 6.45) is 3.93. The molecule has 0 saturated carbocycles. The zero-order valence-corrected chi connectivity index (χ0v) is 9.71. The molecule has 0 aliphatic rings. The molecule has 1 atom stereocenters. The summed E-state index contributed by atoms with van der Waals surface area (Å²) >= 11 is 0. The lowest BCUT2D eigenvalue weighted by Crippen LogP contribution is -2.39. The molecule has 0 saturated heterocycles. The van der Waals surface area contributed by atoms with Crippen molar-refractivity contribution in [3.8, 4) is 0 Å². The van der Waals surface area contributed by atoms with E-state index in [9.17, 15) is 0 Å². The molecule has 80 valence electrons. The third kappa shape index (κ3) is 7.03. The largest absolute Gasteiger partial charge is 0.326 e. The van der Waals surface area contributed by atoms with E-state index >= 15 is 0 Å². The highest BCUT2D eigenvalue weighted by Gasteiger charge is 2.09. The molecule has 0 radical (unpaired) electrons. The van der Waals surface area contributed by atoms with Crippen LogP contribution in [0.5, 0.6) is 0 Å². The van der Waals surface area contributed by atoms with Crippen LogP contribution in [0.25, 0.3) is 0 Å². The average molecular weight is 186 g/mol. The van der Waals surface area contributed by atoms with Crippen molar-refractivity contribution in [2.75, 3.05) is 20.1 Å². The van der Waals surface area contributed by atoms with Gasteiger partial charge in [0.1, 0.15) is 0 Å². The van der Waals surface area contributed by atoms with Crippen LogP contribution in [0.2, 0.25) is 0 Å². The van der Waals surface area contributed by atoms with E-state index in [0.717, 1.165) is 6.54 Å². The van der Waals surface area contributed by atoms with Crippen molar-refractivity contribution in [1.82, 2.24) is 4.90 Å². The molecule has 0 aromatic heterocycles. The molecule has 0 aromatic rings. The first kappa shape index (κ1) is 12.9. The Bertz CT molecular complexity index is 113. The SMILES string of the molecule is CCCCCN(C)CC(N)C(C)C. The van der Waals surface area contributed by atoms with E-state index in [1.54, 1.807) is 0 Å². The Hall–Kier alpha value is -0.0800. The number of rotatable bonds is 7. The van der Waals surface area contributed by atoms with Crippen LogP contribution in [-0.4, -0.2) is 31.1 Å². The van der Waals surface area contributed by atoms with Crippen molar-refractivity contribution < 1.29 is 0 Å². The molecular formula is C11H26N2. The van der Waals surface area contributed by atoms with Crippen LogP contribution >= 0.6 is 0 Å². The van der Waals surface area contributed by atoms with Gasteiger partial charge in [0.05, 0.1) is 0 Å². The summed E-state index contributed by atoms with van der Waals surface area (Å²) in [5, 5.41) is 0. The first-order chi connectivity index (χ1) is 6.07. The number of nitrogens with two attached hydrogens (primary N) is 1. The van der Waals surface area contributed by atoms with E-state index in [1.165, 1.54) is 25.8 Å². The van der Waals surface area contributed by atoms with Gasteiger partial charge < -0.3 is 10.6 Å². The number of hydrogen-bond acceptors (Lipinski definition) is 2. The summed E-state index contributed by atoms with van der Waals surface area (Å²) in [7, 11) is 2.16. The summed E-state index contributed by atoms with van der Waals surface area (Å²) in [5.41, 5.74) is 5.98. The molecule has 1 unspecified atom stereocenters. The Morgan fingerprint density at radius 1 is 1.23 bits per heavy atom. The van der Waals surface area contributed by atoms with Crippen LogP contribution in [0.15, 0.2) is 0 Å². The molecule has 0 aromatic carbocycles. The fraction of sp³-hybridized carbons (Fsp3) is 1.00. The van der Waals surface area contributed by atoms with Gasteiger partial charge in [0.15, 0.2) is 0 Å². The minimum atomic E-state index is 0.326. The highest BCUT2D eigenvalue weighted by Crippen LogP contribution is 2.02. The predicted octanol–water partition coefficient (Wildman–Crippen LogP) is 2.09. The first-order valence-electron chi connectivity index (χ1n) is 5.52. The Balaban J connectivity index is 3.43. The Morgan fingerprint density at radius 2 is 1.85 bits per heavy atom. The fourth-order valence-electron chi connectivity index (χ4n) is 1.29. The van der Waals surface area contributed by atoms with Gasteiger partial charge in [0.2, 0.25) is 0 Å². The van der Waals surface area contributed by atoms with Gasteiger partial charge in [-0.3, -0.25) is 0 Å². The molecule has 13 heavy (non-hydrogen) atoms. The molecule has 0 fully saturated rings. The number of unbranched alkanes of at least 4 members (excludes halogenated alkanes) is 2. The molecule has 0 bridgehead atoms. The van der Waals surface area contributed by atoms with Gasteiger partial charge >= 0.3 is 0 Å². The Kier molecular flexibility index (Phi) is 7.29. The van der Waals surface area contributed by atoms with Crippen molar-refractivity contribution in [1.29, 1.82) is 0 Å². The summed E-state index contributed by atoms with van der Waals surface area (Å²) in [6.45, 7) is 8.82. The number of likely N-dealkylation sites (N-methyl/N-ethyl adjacent to an activating group) is 1. The van der Waals surface area contributed by atoms with Gasteiger partial charge in [-0.1, -0.05) is 33.6 Å². The zero-order chi connectivity index (χ0) is 10.3. The van der Waals surface area contributed by atoms with Crippen LogP contribution in [0.3, 0.4) is 0 Å². The molecule has 0 spiro atoms. The molecule has 2 N–H and O–H groups in total. The highest BCUT2D eigenvalue weighted by atomic mass is 15.1. The smallest absolute Gasteiger partial charge is 0.0191 e. The summed E-state index contributed by atoms with van der Waals surface area (Å²) in [4.78, 5) is 2.35. The molecule has 2 heteroatoms. The first-order valence-corrected chi connectivity index (χ1v) is 5.52. The zero-order valence-electron chi connectivity index (χ0n) is 9.71. The summed E-state index contributed by atoms with van der Waals surface area (Å²) in [5.74, 6) is 0.591. The van der Waals surface area contributed by atoms with Gasteiger partial charge in [-0.2, -0.15) is 0 Å². The van der Waals surface area contributed by atoms with E-state index in [1.807, 2.05) is 0 Å². The van der Waals surface area contributed by atoms with Crippen LogP contribution in [0, 0.1) is 5.92 Å². The van der Waals surface area contributed by atoms with Crippen LogP contribution < -0.4 is 5.73 Å². The van der Waals surface area contributed by atoms with Crippen molar-refractivity contribution in [3.05, 3.63) is 0 Å². The second-order valence-electron chi connectivity index (χ2n) is 4.38.